The minimum absolute atomic E-state index is 0.0480. The topological polar surface area (TPSA) is 55.8 Å². The number of allylic oxidation sites excluding steroid dienone is 1. The van der Waals surface area contributed by atoms with E-state index in [1.165, 1.54) is 11.3 Å². The number of methoxy groups -OCH3 is 2. The fourth-order valence-electron chi connectivity index (χ4n) is 4.38. The van der Waals surface area contributed by atoms with E-state index in [2.05, 4.69) is 13.2 Å². The van der Waals surface area contributed by atoms with Gasteiger partial charge in [0.05, 0.1) is 25.2 Å². The maximum atomic E-state index is 13.5. The van der Waals surface area contributed by atoms with E-state index in [1.54, 1.807) is 20.3 Å². The molecule has 0 aliphatic heterocycles. The van der Waals surface area contributed by atoms with Gasteiger partial charge in [0.15, 0.2) is 0 Å². The van der Waals surface area contributed by atoms with Gasteiger partial charge in [0.1, 0.15) is 11.5 Å². The first-order valence-electron chi connectivity index (χ1n) is 9.69. The molecule has 3 aromatic rings. The summed E-state index contributed by atoms with van der Waals surface area (Å²) in [6, 6.07) is 7.58. The minimum Gasteiger partial charge on any atom is -0.496 e. The smallest absolute Gasteiger partial charge is 0.203 e. The summed E-state index contributed by atoms with van der Waals surface area (Å²) in [6.07, 6.45) is 3.24. The number of thiophene rings is 1. The van der Waals surface area contributed by atoms with Crippen molar-refractivity contribution in [2.45, 2.75) is 24.9 Å². The summed E-state index contributed by atoms with van der Waals surface area (Å²) in [5, 5.41) is 14.3. The molecule has 1 unspecified atom stereocenters. The molecule has 1 aliphatic rings. The molecule has 2 aromatic carbocycles. The van der Waals surface area contributed by atoms with Gasteiger partial charge in [-0.25, -0.2) is 0 Å². The van der Waals surface area contributed by atoms with E-state index in [1.807, 2.05) is 42.6 Å². The third-order valence-corrected chi connectivity index (χ3v) is 7.02. The molecule has 1 aromatic heterocycles. The van der Waals surface area contributed by atoms with Crippen LogP contribution in [0.5, 0.6) is 11.5 Å². The summed E-state index contributed by atoms with van der Waals surface area (Å²) >= 11 is 1.37. The van der Waals surface area contributed by atoms with Gasteiger partial charge in [-0.2, -0.15) is 0 Å². The maximum absolute atomic E-state index is 13.5. The second-order valence-electron chi connectivity index (χ2n) is 7.58. The normalized spacial score (nSPS) is 18.5. The Morgan fingerprint density at radius 1 is 1.17 bits per heavy atom. The number of carbonyl (C=O) groups is 1. The molecule has 0 saturated carbocycles. The van der Waals surface area contributed by atoms with E-state index >= 15 is 0 Å². The molecule has 4 rings (SSSR count). The molecule has 1 aliphatic carbocycles. The largest absolute Gasteiger partial charge is 0.496 e. The molecular weight excluding hydrogens is 396 g/mol. The summed E-state index contributed by atoms with van der Waals surface area (Å²) in [5.41, 5.74) is 2.41. The van der Waals surface area contributed by atoms with Crippen molar-refractivity contribution in [1.82, 2.24) is 0 Å². The van der Waals surface area contributed by atoms with Crippen molar-refractivity contribution in [3.05, 3.63) is 82.1 Å². The summed E-state index contributed by atoms with van der Waals surface area (Å²) < 4.78 is 11.1. The van der Waals surface area contributed by atoms with Gasteiger partial charge >= 0.3 is 0 Å². The number of aliphatic hydroxyl groups is 1. The molecule has 0 radical (unpaired) electrons. The maximum Gasteiger partial charge on any atom is 0.203 e. The highest BCUT2D eigenvalue weighted by atomic mass is 32.1. The van der Waals surface area contributed by atoms with Crippen molar-refractivity contribution in [3.8, 4) is 11.5 Å². The molecule has 30 heavy (non-hydrogen) atoms. The molecule has 4 nitrogen and oxygen atoms in total. The Morgan fingerprint density at radius 2 is 1.80 bits per heavy atom. The van der Waals surface area contributed by atoms with Crippen molar-refractivity contribution in [2.75, 3.05) is 14.2 Å². The first kappa shape index (κ1) is 20.4. The lowest BCUT2D eigenvalue weighted by atomic mass is 9.67. The van der Waals surface area contributed by atoms with E-state index in [0.717, 1.165) is 27.5 Å². The molecule has 1 heterocycles. The highest BCUT2D eigenvalue weighted by Crippen LogP contribution is 2.50. The van der Waals surface area contributed by atoms with Gasteiger partial charge in [0.25, 0.3) is 0 Å². The van der Waals surface area contributed by atoms with Crippen molar-refractivity contribution in [3.63, 3.8) is 0 Å². The first-order valence-corrected chi connectivity index (χ1v) is 10.6. The zero-order valence-electron chi connectivity index (χ0n) is 17.3. The van der Waals surface area contributed by atoms with Crippen LogP contribution in [-0.2, 0) is 5.41 Å². The van der Waals surface area contributed by atoms with Gasteiger partial charge in [-0.05, 0) is 59.7 Å². The molecule has 0 bridgehead atoms. The van der Waals surface area contributed by atoms with Crippen molar-refractivity contribution >= 4 is 27.9 Å². The Hall–Kier alpha value is -2.89. The minimum atomic E-state index is -0.716. The van der Waals surface area contributed by atoms with Gasteiger partial charge < -0.3 is 14.6 Å². The van der Waals surface area contributed by atoms with Gasteiger partial charge in [-0.3, -0.25) is 4.79 Å². The number of rotatable bonds is 6. The number of ketones is 1. The van der Waals surface area contributed by atoms with E-state index in [0.29, 0.717) is 28.4 Å². The number of benzene rings is 2. The summed E-state index contributed by atoms with van der Waals surface area (Å²) in [5.74, 6) is 1.34. The summed E-state index contributed by atoms with van der Waals surface area (Å²) in [6.45, 7) is 9.87. The van der Waals surface area contributed by atoms with Crippen molar-refractivity contribution in [2.24, 2.45) is 0 Å². The number of ether oxygens (including phenoxy) is 2. The highest BCUT2D eigenvalue weighted by Gasteiger charge is 2.42. The molecule has 0 amide bonds. The molecule has 0 saturated heterocycles. The van der Waals surface area contributed by atoms with Gasteiger partial charge in [0.2, 0.25) is 5.78 Å². The van der Waals surface area contributed by atoms with Crippen molar-refractivity contribution in [1.29, 1.82) is 0 Å². The van der Waals surface area contributed by atoms with Crippen LogP contribution < -0.4 is 9.47 Å². The second-order valence-corrected chi connectivity index (χ2v) is 8.46. The van der Waals surface area contributed by atoms with Crippen LogP contribution in [0.4, 0.5) is 0 Å². The average Bonchev–Trinajstić information content (AvgIpc) is 3.22. The number of hydrogen-bond acceptors (Lipinski definition) is 5. The number of aliphatic hydroxyl groups excluding tert-OH is 1. The Bertz CT molecular complexity index is 1190. The highest BCUT2D eigenvalue weighted by molar-refractivity contribution is 7.12. The van der Waals surface area contributed by atoms with E-state index in [9.17, 15) is 9.90 Å². The van der Waals surface area contributed by atoms with Gasteiger partial charge in [-0.15, -0.1) is 24.5 Å². The molecule has 5 heteroatoms. The van der Waals surface area contributed by atoms with Crippen LogP contribution in [0.2, 0.25) is 0 Å². The number of hydrogen-bond donors (Lipinski definition) is 1. The van der Waals surface area contributed by atoms with Gasteiger partial charge in [-0.1, -0.05) is 12.2 Å². The standard InChI is InChI=1S/C25H24O4S/c1-6-8-19(26)17-13-30-24-22(17)25(3,7-2)18-12-15-14(11-16(18)23(24)27)20(28-4)9-10-21(15)29-5/h6-7,9-13,19,26H,1-2,8H2,3-5H3/t19?,25-/m1/s1. The second kappa shape index (κ2) is 7.42. The van der Waals surface area contributed by atoms with Crippen molar-refractivity contribution < 1.29 is 19.4 Å². The van der Waals surface area contributed by atoms with Crippen LogP contribution >= 0.6 is 11.3 Å². The molecule has 1 N–H and O–H groups in total. The molecule has 154 valence electrons. The molecular formula is C25H24O4S. The Kier molecular flexibility index (Phi) is 5.04. The summed E-state index contributed by atoms with van der Waals surface area (Å²) in [7, 11) is 3.24. The fourth-order valence-corrected chi connectivity index (χ4v) is 5.57. The van der Waals surface area contributed by atoms with Gasteiger partial charge in [0, 0.05) is 21.8 Å². The predicted molar refractivity (Wildman–Crippen MR) is 121 cm³/mol. The monoisotopic (exact) mass is 420 g/mol. The fraction of sp³-hybridized carbons (Fsp3) is 0.240. The lowest BCUT2D eigenvalue weighted by Crippen LogP contribution is -2.31. The molecule has 0 fully saturated rings. The molecule has 2 atom stereocenters. The van der Waals surface area contributed by atoms with Crippen LogP contribution in [0.1, 0.15) is 51.4 Å². The lowest BCUT2D eigenvalue weighted by Gasteiger charge is -2.35. The zero-order chi connectivity index (χ0) is 21.6. The van der Waals surface area contributed by atoms with Crippen LogP contribution in [0.25, 0.3) is 10.8 Å². The molecule has 0 spiro atoms. The number of fused-ring (bicyclic) bond motifs is 3. The summed E-state index contributed by atoms with van der Waals surface area (Å²) in [4.78, 5) is 14.1. The van der Waals surface area contributed by atoms with Crippen LogP contribution in [0, 0.1) is 0 Å². The first-order chi connectivity index (χ1) is 14.4. The Labute approximate surface area is 180 Å². The quantitative estimate of drug-likeness (QED) is 0.530. The Morgan fingerprint density at radius 3 is 2.37 bits per heavy atom. The van der Waals surface area contributed by atoms with Crippen LogP contribution in [-0.4, -0.2) is 25.1 Å². The predicted octanol–water partition coefficient (Wildman–Crippen LogP) is 5.56. The Balaban J connectivity index is 2.07. The average molecular weight is 421 g/mol. The van der Waals surface area contributed by atoms with E-state index in [4.69, 9.17) is 9.47 Å². The third kappa shape index (κ3) is 2.73. The third-order valence-electron chi connectivity index (χ3n) is 6.02. The van der Waals surface area contributed by atoms with Crippen LogP contribution in [0.3, 0.4) is 0 Å². The SMILES string of the molecule is C=CCC(O)c1csc2c1[C@](C)(C=C)c1cc3c(OC)ccc(OC)c3cc1C2=O. The van der Waals surface area contributed by atoms with Crippen LogP contribution in [0.15, 0.2) is 55.0 Å². The van der Waals surface area contributed by atoms with E-state index in [-0.39, 0.29) is 5.78 Å². The lowest BCUT2D eigenvalue weighted by molar-refractivity contribution is 0.103. The zero-order valence-corrected chi connectivity index (χ0v) is 18.1. The van der Waals surface area contributed by atoms with E-state index < -0.39 is 11.5 Å². The number of carbonyl (C=O) groups excluding carboxylic acids is 1.